The van der Waals surface area contributed by atoms with E-state index >= 15 is 0 Å². The standard InChI is InChI=1S/C48H68N2O12/c1-31-35-19-17-33(15-13-25-47(3)43(61-47)41(35)59-45(31)55)29-57-39(53)23-21-37(51)49-27-11-9-7-5-6-8-10-12-28-50-38(52)22-24-40(54)58-30-34-16-14-26-48(4)44(62-48)42-36(20-18-34)32(2)46(56)60-42/h15-16,35-36,41-44H,1-2,5-14,17-30H2,3-4H3,(H,49,51)(H,50,52)/b33-15+,34-16+/t35-,36-,41-,42-,43+,44+,47+,48+/m0/s1. The number of amides is 2. The fraction of sp³-hybridized carbons (Fsp3) is 0.708. The number of carbonyl (C=O) groups is 6. The number of allylic oxidation sites excluding steroid dienone is 2. The molecule has 0 radical (unpaired) electrons. The maximum absolute atomic E-state index is 12.5. The van der Waals surface area contributed by atoms with Crippen molar-refractivity contribution >= 4 is 35.7 Å². The molecule has 4 fully saturated rings. The van der Waals surface area contributed by atoms with Gasteiger partial charge in [0.25, 0.3) is 0 Å². The number of fused-ring (bicyclic) bond motifs is 6. The first-order chi connectivity index (χ1) is 29.8. The van der Waals surface area contributed by atoms with Gasteiger partial charge in [-0.05, 0) is 89.2 Å². The number of hydrogen-bond donors (Lipinski definition) is 2. The third-order valence-corrected chi connectivity index (χ3v) is 13.6. The number of carbonyl (C=O) groups excluding carboxylic acids is 6. The van der Waals surface area contributed by atoms with E-state index in [2.05, 4.69) is 35.9 Å². The lowest BCUT2D eigenvalue weighted by Gasteiger charge is -2.20. The molecule has 342 valence electrons. The van der Waals surface area contributed by atoms with E-state index in [1.807, 2.05) is 13.8 Å². The second-order valence-corrected chi connectivity index (χ2v) is 18.4. The topological polar surface area (TPSA) is 188 Å². The monoisotopic (exact) mass is 864 g/mol. The first-order valence-electron chi connectivity index (χ1n) is 23.1. The molecule has 0 aromatic heterocycles. The van der Waals surface area contributed by atoms with Crippen LogP contribution in [0, 0.1) is 11.8 Å². The van der Waals surface area contributed by atoms with Crippen LogP contribution in [0.15, 0.2) is 47.6 Å². The van der Waals surface area contributed by atoms with E-state index in [9.17, 15) is 28.8 Å². The summed E-state index contributed by atoms with van der Waals surface area (Å²) in [7, 11) is 0. The molecule has 62 heavy (non-hydrogen) atoms. The Morgan fingerprint density at radius 2 is 1.02 bits per heavy atom. The average molecular weight is 865 g/mol. The summed E-state index contributed by atoms with van der Waals surface area (Å²) in [6.45, 7) is 13.5. The molecule has 0 aromatic carbocycles. The first-order valence-corrected chi connectivity index (χ1v) is 23.1. The Morgan fingerprint density at radius 3 is 1.42 bits per heavy atom. The van der Waals surface area contributed by atoms with Gasteiger partial charge in [-0.2, -0.15) is 0 Å². The van der Waals surface area contributed by atoms with Crippen LogP contribution in [0.1, 0.15) is 142 Å². The molecule has 6 aliphatic rings. The Labute approximate surface area is 366 Å². The van der Waals surface area contributed by atoms with Crippen molar-refractivity contribution < 1.29 is 57.2 Å². The Kier molecular flexibility index (Phi) is 16.6. The van der Waals surface area contributed by atoms with Crippen LogP contribution in [-0.2, 0) is 57.2 Å². The summed E-state index contributed by atoms with van der Waals surface area (Å²) < 4.78 is 34.2. The number of nitrogens with one attached hydrogen (secondary N) is 2. The Morgan fingerprint density at radius 1 is 0.629 bits per heavy atom. The van der Waals surface area contributed by atoms with Crippen molar-refractivity contribution in [3.05, 3.63) is 47.6 Å². The lowest BCUT2D eigenvalue weighted by atomic mass is 9.84. The third kappa shape index (κ3) is 13.1. The summed E-state index contributed by atoms with van der Waals surface area (Å²) in [4.78, 5) is 74.0. The molecule has 0 spiro atoms. The minimum atomic E-state index is -0.409. The quantitative estimate of drug-likeness (QED) is 0.0319. The van der Waals surface area contributed by atoms with Gasteiger partial charge in [0, 0.05) is 48.9 Å². The van der Waals surface area contributed by atoms with Gasteiger partial charge in [-0.1, -0.05) is 63.8 Å². The SMILES string of the molecule is C=C1C(=O)O[C@@H]2[C@H]3O[C@]3(C)CC/C=C(/COC(=O)CCC(=O)NCCCCCCCCCCNC(=O)CCC(=O)OC/C3=C/CC[C@@]4(C)O[C@@H]4[C@H]4OC(=O)C(=C)[C@@H]4CC3)CC[C@@H]12. The zero-order valence-electron chi connectivity index (χ0n) is 36.9. The maximum atomic E-state index is 12.5. The number of unbranched alkanes of at least 4 members (excludes halogenated alkanes) is 7. The number of epoxide rings is 2. The van der Waals surface area contributed by atoms with Gasteiger partial charge in [0.15, 0.2) is 0 Å². The number of rotatable bonds is 21. The Balaban J connectivity index is 0.715. The highest BCUT2D eigenvalue weighted by Gasteiger charge is 2.62. The van der Waals surface area contributed by atoms with Gasteiger partial charge in [0.1, 0.15) is 37.6 Å². The first kappa shape index (κ1) is 47.2. The lowest BCUT2D eigenvalue weighted by molar-refractivity contribution is -0.144. The van der Waals surface area contributed by atoms with Crippen LogP contribution in [-0.4, -0.2) is 97.6 Å². The van der Waals surface area contributed by atoms with Crippen molar-refractivity contribution in [2.45, 2.75) is 178 Å². The Hall–Kier alpha value is -4.30. The minimum absolute atomic E-state index is 0.0207. The van der Waals surface area contributed by atoms with E-state index in [-0.39, 0.29) is 110 Å². The molecule has 2 N–H and O–H groups in total. The van der Waals surface area contributed by atoms with Crippen LogP contribution in [0.3, 0.4) is 0 Å². The molecule has 8 atom stereocenters. The number of esters is 4. The summed E-state index contributed by atoms with van der Waals surface area (Å²) in [6.07, 6.45) is 17.5. The van der Waals surface area contributed by atoms with Gasteiger partial charge in [0.05, 0.1) is 24.0 Å². The summed E-state index contributed by atoms with van der Waals surface area (Å²) in [6, 6.07) is 0. The molecular weight excluding hydrogens is 797 g/mol. The number of ether oxygens (including phenoxy) is 6. The van der Waals surface area contributed by atoms with Gasteiger partial charge in [0.2, 0.25) is 11.8 Å². The summed E-state index contributed by atoms with van der Waals surface area (Å²) in [5.74, 6) is -2.08. The van der Waals surface area contributed by atoms with Crippen molar-refractivity contribution in [3.8, 4) is 0 Å². The van der Waals surface area contributed by atoms with E-state index < -0.39 is 11.9 Å². The molecule has 4 heterocycles. The van der Waals surface area contributed by atoms with Crippen LogP contribution in [0.25, 0.3) is 0 Å². The molecule has 0 unspecified atom stereocenters. The average Bonchev–Trinajstić information content (AvgIpc) is 4.06. The molecule has 2 aliphatic carbocycles. The molecule has 2 amide bonds. The summed E-state index contributed by atoms with van der Waals surface area (Å²) >= 11 is 0. The second-order valence-electron chi connectivity index (χ2n) is 18.4. The fourth-order valence-corrected chi connectivity index (χ4v) is 9.37. The molecule has 14 heteroatoms. The predicted octanol–water partition coefficient (Wildman–Crippen LogP) is 6.50. The molecular formula is C48H68N2O12. The van der Waals surface area contributed by atoms with Crippen molar-refractivity contribution in [1.29, 1.82) is 0 Å². The maximum Gasteiger partial charge on any atom is 0.334 e. The lowest BCUT2D eigenvalue weighted by Crippen LogP contribution is -2.29. The van der Waals surface area contributed by atoms with Gasteiger partial charge >= 0.3 is 23.9 Å². The largest absolute Gasteiger partial charge is 0.461 e. The van der Waals surface area contributed by atoms with E-state index in [0.717, 1.165) is 88.2 Å². The highest BCUT2D eigenvalue weighted by molar-refractivity contribution is 5.91. The van der Waals surface area contributed by atoms with Crippen LogP contribution in [0.4, 0.5) is 0 Å². The van der Waals surface area contributed by atoms with Crippen LogP contribution in [0.5, 0.6) is 0 Å². The van der Waals surface area contributed by atoms with Crippen molar-refractivity contribution in [1.82, 2.24) is 10.6 Å². The van der Waals surface area contributed by atoms with Crippen LogP contribution >= 0.6 is 0 Å². The number of hydrogen-bond acceptors (Lipinski definition) is 12. The van der Waals surface area contributed by atoms with Gasteiger partial charge in [-0.15, -0.1) is 0 Å². The molecule has 6 rings (SSSR count). The molecule has 0 saturated carbocycles. The summed E-state index contributed by atoms with van der Waals surface area (Å²) in [5.41, 5.74) is 2.30. The normalized spacial score (nSPS) is 31.8. The van der Waals surface area contributed by atoms with Crippen molar-refractivity contribution in [2.24, 2.45) is 11.8 Å². The fourth-order valence-electron chi connectivity index (χ4n) is 9.37. The molecule has 4 aliphatic heterocycles. The Bertz CT molecular complexity index is 1640. The molecule has 0 bridgehead atoms. The third-order valence-electron chi connectivity index (χ3n) is 13.6. The van der Waals surface area contributed by atoms with E-state index in [1.54, 1.807) is 0 Å². The van der Waals surface area contributed by atoms with Gasteiger partial charge < -0.3 is 39.1 Å². The zero-order chi connectivity index (χ0) is 44.3. The molecule has 4 saturated heterocycles. The van der Waals surface area contributed by atoms with Crippen LogP contribution < -0.4 is 10.6 Å². The minimum Gasteiger partial charge on any atom is -0.461 e. The van der Waals surface area contributed by atoms with E-state index in [4.69, 9.17) is 28.4 Å². The van der Waals surface area contributed by atoms with E-state index in [1.165, 1.54) is 0 Å². The van der Waals surface area contributed by atoms with Crippen LogP contribution in [0.2, 0.25) is 0 Å². The highest BCUT2D eigenvalue weighted by atomic mass is 16.7. The predicted molar refractivity (Wildman–Crippen MR) is 228 cm³/mol. The van der Waals surface area contributed by atoms with E-state index in [0.29, 0.717) is 49.9 Å². The smallest absolute Gasteiger partial charge is 0.334 e. The molecule has 0 aromatic rings. The van der Waals surface area contributed by atoms with Crippen molar-refractivity contribution in [2.75, 3.05) is 26.3 Å². The van der Waals surface area contributed by atoms with Gasteiger partial charge in [-0.3, -0.25) is 19.2 Å². The van der Waals surface area contributed by atoms with Gasteiger partial charge in [-0.25, -0.2) is 9.59 Å². The zero-order valence-corrected chi connectivity index (χ0v) is 36.9. The second kappa shape index (κ2) is 21.9. The van der Waals surface area contributed by atoms with Crippen molar-refractivity contribution in [3.63, 3.8) is 0 Å². The highest BCUT2D eigenvalue weighted by Crippen LogP contribution is 2.51. The summed E-state index contributed by atoms with van der Waals surface area (Å²) in [5, 5.41) is 5.81. The molecule has 14 nitrogen and oxygen atoms in total.